The van der Waals surface area contributed by atoms with Gasteiger partial charge in [0.15, 0.2) is 0 Å². The molecular weight excluding hydrogens is 498 g/mol. The van der Waals surface area contributed by atoms with Crippen LogP contribution in [0.1, 0.15) is 41.8 Å². The molecule has 0 bridgehead atoms. The number of amides is 3. The van der Waals surface area contributed by atoms with Gasteiger partial charge in [-0.15, -0.1) is 0 Å². The van der Waals surface area contributed by atoms with Crippen molar-refractivity contribution in [3.63, 3.8) is 0 Å². The molecule has 3 amide bonds. The van der Waals surface area contributed by atoms with Crippen LogP contribution in [-0.4, -0.2) is 36.4 Å². The molecule has 0 spiro atoms. The average Bonchev–Trinajstić information content (AvgIpc) is 3.07. The molecule has 8 heteroatoms. The topological polar surface area (TPSA) is 73.8 Å². The van der Waals surface area contributed by atoms with Crippen LogP contribution in [0, 0.1) is 5.82 Å². The third kappa shape index (κ3) is 5.65. The summed E-state index contributed by atoms with van der Waals surface area (Å²) in [7, 11) is 0. The van der Waals surface area contributed by atoms with Crippen LogP contribution in [0.15, 0.2) is 95.5 Å². The van der Waals surface area contributed by atoms with Gasteiger partial charge in [0.1, 0.15) is 12.0 Å². The van der Waals surface area contributed by atoms with E-state index < -0.39 is 6.17 Å². The third-order valence-electron chi connectivity index (χ3n) is 6.42. The van der Waals surface area contributed by atoms with E-state index in [1.807, 2.05) is 38.1 Å². The number of benzene rings is 3. The van der Waals surface area contributed by atoms with Gasteiger partial charge in [-0.05, 0) is 68.0 Å². The number of rotatable bonds is 5. The molecule has 0 saturated heterocycles. The van der Waals surface area contributed by atoms with Crippen LogP contribution in [-0.2, 0) is 0 Å². The van der Waals surface area contributed by atoms with Gasteiger partial charge in [0.05, 0.1) is 22.8 Å². The van der Waals surface area contributed by atoms with Crippen LogP contribution in [0.5, 0.6) is 0 Å². The number of halogens is 2. The van der Waals surface area contributed by atoms with Crippen molar-refractivity contribution in [1.82, 2.24) is 10.6 Å². The van der Waals surface area contributed by atoms with Gasteiger partial charge >= 0.3 is 6.03 Å². The quantitative estimate of drug-likeness (QED) is 0.397. The highest BCUT2D eigenvalue weighted by molar-refractivity contribution is 6.21. The lowest BCUT2D eigenvalue weighted by atomic mass is 10.00. The summed E-state index contributed by atoms with van der Waals surface area (Å²) in [5, 5.41) is 5.82. The predicted molar refractivity (Wildman–Crippen MR) is 149 cm³/mol. The first-order valence-corrected chi connectivity index (χ1v) is 12.8. The van der Waals surface area contributed by atoms with Crippen LogP contribution < -0.4 is 15.5 Å². The van der Waals surface area contributed by atoms with Crippen LogP contribution in [0.25, 0.3) is 0 Å². The molecule has 3 aromatic rings. The Kier molecular flexibility index (Phi) is 7.36. The first kappa shape index (κ1) is 26.0. The van der Waals surface area contributed by atoms with Gasteiger partial charge in [0, 0.05) is 35.7 Å². The van der Waals surface area contributed by atoms with Crippen molar-refractivity contribution in [2.45, 2.75) is 32.5 Å². The summed E-state index contributed by atoms with van der Waals surface area (Å²) < 4.78 is 27.1. The minimum Gasteiger partial charge on any atom is -0.348 e. The van der Waals surface area contributed by atoms with E-state index in [2.05, 4.69) is 10.6 Å². The monoisotopic (exact) mass is 526 g/mol. The van der Waals surface area contributed by atoms with Crippen LogP contribution in [0.2, 0.25) is 0 Å². The number of nitrogens with zero attached hydrogens (tertiary/aromatic N) is 2. The fourth-order valence-electron chi connectivity index (χ4n) is 4.53. The molecule has 0 saturated carbocycles. The number of carbonyl (C=O) groups excluding carboxylic acids is 2. The molecule has 1 unspecified atom stereocenters. The van der Waals surface area contributed by atoms with Gasteiger partial charge in [-0.3, -0.25) is 9.69 Å². The number of carbonyl (C=O) groups is 2. The predicted octanol–water partition coefficient (Wildman–Crippen LogP) is 6.52. The van der Waals surface area contributed by atoms with Gasteiger partial charge in [0.25, 0.3) is 5.91 Å². The number of hydrogen-bond donors (Lipinski definition) is 2. The number of hydrogen-bond acceptors (Lipinski definition) is 3. The maximum atomic E-state index is 13.8. The Morgan fingerprint density at radius 1 is 1.05 bits per heavy atom. The number of urea groups is 1. The Hall–Kier alpha value is -4.59. The Balaban J connectivity index is 1.58. The number of fused-ring (bicyclic) bond motifs is 2. The van der Waals surface area contributed by atoms with Gasteiger partial charge in [-0.2, -0.15) is 0 Å². The fraction of sp³-hybridized carbons (Fsp3) is 0.194. The molecule has 198 valence electrons. The summed E-state index contributed by atoms with van der Waals surface area (Å²) >= 11 is 0. The zero-order valence-corrected chi connectivity index (χ0v) is 21.6. The van der Waals surface area contributed by atoms with Gasteiger partial charge < -0.3 is 10.6 Å². The minimum atomic E-state index is -0.998. The molecule has 0 aromatic heterocycles. The van der Waals surface area contributed by atoms with Crippen molar-refractivity contribution in [3.8, 4) is 0 Å². The number of alkyl halides is 1. The number of para-hydroxylation sites is 1. The number of anilines is 2. The molecular formula is C31H28F2N4O2. The minimum absolute atomic E-state index is 0.116. The van der Waals surface area contributed by atoms with Crippen molar-refractivity contribution in [2.75, 3.05) is 11.4 Å². The summed E-state index contributed by atoms with van der Waals surface area (Å²) in [6.07, 6.45) is 4.21. The zero-order valence-electron chi connectivity index (χ0n) is 21.6. The molecule has 3 aromatic carbocycles. The standard InChI is InChI=1S/C31H28F2N4O2/c1-19(2)35-31(39)37-27-6-4-3-5-25(27)29(21-9-14-24(33)15-10-21)36-26-17-22(11-16-28(26)37)30(38)34-18-20-7-12-23(32)13-8-20/h3-12,14-17,19,23H,13,18H2,1-2H3,(H,34,38)(H,35,39). The summed E-state index contributed by atoms with van der Waals surface area (Å²) in [4.78, 5) is 33.0. The first-order chi connectivity index (χ1) is 18.8. The lowest BCUT2D eigenvalue weighted by molar-refractivity contribution is 0.0957. The van der Waals surface area contributed by atoms with Gasteiger partial charge in [0.2, 0.25) is 0 Å². The molecule has 0 fully saturated rings. The van der Waals surface area contributed by atoms with E-state index in [0.717, 1.165) is 5.57 Å². The molecule has 1 aliphatic carbocycles. The zero-order chi connectivity index (χ0) is 27.5. The van der Waals surface area contributed by atoms with Crippen LogP contribution >= 0.6 is 0 Å². The summed E-state index contributed by atoms with van der Waals surface area (Å²) in [6, 6.07) is 17.9. The average molecular weight is 527 g/mol. The van der Waals surface area contributed by atoms with Crippen molar-refractivity contribution in [2.24, 2.45) is 4.99 Å². The third-order valence-corrected chi connectivity index (χ3v) is 6.42. The van der Waals surface area contributed by atoms with E-state index in [0.29, 0.717) is 39.5 Å². The SMILES string of the molecule is CC(C)NC(=O)N1c2ccc(C(=O)NCC3=CCC(F)C=C3)cc2N=C(c2ccc(F)cc2)c2ccccc21. The summed E-state index contributed by atoms with van der Waals surface area (Å²) in [5.41, 5.74) is 4.60. The van der Waals surface area contributed by atoms with E-state index in [9.17, 15) is 18.4 Å². The molecule has 6 nitrogen and oxygen atoms in total. The lowest BCUT2D eigenvalue weighted by Gasteiger charge is -2.26. The highest BCUT2D eigenvalue weighted by Crippen LogP contribution is 2.41. The molecule has 2 aliphatic rings. The van der Waals surface area contributed by atoms with E-state index in [-0.39, 0.29) is 36.8 Å². The second-order valence-corrected chi connectivity index (χ2v) is 9.70. The molecule has 1 heterocycles. The summed E-state index contributed by atoms with van der Waals surface area (Å²) in [6.45, 7) is 4.01. The molecule has 2 N–H and O–H groups in total. The second-order valence-electron chi connectivity index (χ2n) is 9.70. The maximum absolute atomic E-state index is 13.8. The number of aliphatic imine (C=N–C) groups is 1. The highest BCUT2D eigenvalue weighted by atomic mass is 19.1. The number of nitrogens with one attached hydrogen (secondary N) is 2. The van der Waals surface area contributed by atoms with E-state index in [4.69, 9.17) is 4.99 Å². The van der Waals surface area contributed by atoms with Crippen molar-refractivity contribution in [1.29, 1.82) is 0 Å². The van der Waals surface area contributed by atoms with Crippen molar-refractivity contribution < 1.29 is 18.4 Å². The Morgan fingerprint density at radius 3 is 2.54 bits per heavy atom. The van der Waals surface area contributed by atoms with Gasteiger partial charge in [-0.25, -0.2) is 18.6 Å². The Labute approximate surface area is 225 Å². The van der Waals surface area contributed by atoms with E-state index >= 15 is 0 Å². The highest BCUT2D eigenvalue weighted by Gasteiger charge is 2.29. The Morgan fingerprint density at radius 2 is 1.82 bits per heavy atom. The molecule has 1 aliphatic heterocycles. The van der Waals surface area contributed by atoms with E-state index in [1.54, 1.807) is 47.4 Å². The number of allylic oxidation sites excluding steroid dienone is 2. The largest absolute Gasteiger partial charge is 0.348 e. The second kappa shape index (κ2) is 11.0. The van der Waals surface area contributed by atoms with E-state index in [1.165, 1.54) is 18.2 Å². The molecule has 39 heavy (non-hydrogen) atoms. The molecule has 5 rings (SSSR count). The Bertz CT molecular complexity index is 1510. The lowest BCUT2D eigenvalue weighted by Crippen LogP contribution is -2.40. The van der Waals surface area contributed by atoms with Crippen molar-refractivity contribution in [3.05, 3.63) is 113 Å². The maximum Gasteiger partial charge on any atom is 0.326 e. The van der Waals surface area contributed by atoms with Gasteiger partial charge in [-0.1, -0.05) is 36.4 Å². The molecule has 0 radical (unpaired) electrons. The van der Waals surface area contributed by atoms with Crippen LogP contribution in [0.3, 0.4) is 0 Å². The van der Waals surface area contributed by atoms with Crippen LogP contribution in [0.4, 0.5) is 30.6 Å². The smallest absolute Gasteiger partial charge is 0.326 e. The first-order valence-electron chi connectivity index (χ1n) is 12.8. The fourth-order valence-corrected chi connectivity index (χ4v) is 4.53. The summed E-state index contributed by atoms with van der Waals surface area (Å²) in [5.74, 6) is -0.698. The van der Waals surface area contributed by atoms with Crippen molar-refractivity contribution >= 4 is 34.7 Å². The normalized spacial score (nSPS) is 16.0. The molecule has 1 atom stereocenters.